The fourth-order valence-electron chi connectivity index (χ4n) is 4.21. The van der Waals surface area contributed by atoms with E-state index in [9.17, 15) is 0 Å². The van der Waals surface area contributed by atoms with Gasteiger partial charge >= 0.3 is 0 Å². The maximum Gasteiger partial charge on any atom is 0.0360 e. The number of nitrogens with two attached hydrogens (primary N) is 1. The van der Waals surface area contributed by atoms with E-state index in [1.165, 1.54) is 51.9 Å². The lowest BCUT2D eigenvalue weighted by Crippen LogP contribution is -2.62. The van der Waals surface area contributed by atoms with Crippen LogP contribution >= 0.6 is 0 Å². The number of piperazine rings is 1. The molecule has 2 atom stereocenters. The molecular formula is C15H31N3. The number of nitrogens with zero attached hydrogens (tertiary/aromatic N) is 2. The van der Waals surface area contributed by atoms with E-state index >= 15 is 0 Å². The van der Waals surface area contributed by atoms with E-state index in [-0.39, 0.29) is 0 Å². The van der Waals surface area contributed by atoms with Crippen molar-refractivity contribution in [2.45, 2.75) is 58.0 Å². The Kier molecular flexibility index (Phi) is 4.68. The molecule has 0 radical (unpaired) electrons. The van der Waals surface area contributed by atoms with Gasteiger partial charge in [-0.3, -0.25) is 9.80 Å². The third kappa shape index (κ3) is 2.45. The Hall–Kier alpha value is -0.120. The largest absolute Gasteiger partial charge is 0.329 e. The first-order chi connectivity index (χ1) is 8.64. The van der Waals surface area contributed by atoms with Gasteiger partial charge < -0.3 is 5.73 Å². The van der Waals surface area contributed by atoms with Crippen molar-refractivity contribution in [2.75, 3.05) is 32.7 Å². The van der Waals surface area contributed by atoms with Crippen molar-refractivity contribution in [3.8, 4) is 0 Å². The summed E-state index contributed by atoms with van der Waals surface area (Å²) < 4.78 is 0. The van der Waals surface area contributed by atoms with Gasteiger partial charge in [-0.2, -0.15) is 0 Å². The summed E-state index contributed by atoms with van der Waals surface area (Å²) in [5.74, 6) is 0.827. The second kappa shape index (κ2) is 5.89. The van der Waals surface area contributed by atoms with E-state index in [0.717, 1.165) is 12.5 Å². The van der Waals surface area contributed by atoms with E-state index in [0.29, 0.717) is 11.6 Å². The lowest BCUT2D eigenvalue weighted by Gasteiger charge is -2.49. The standard InChI is InChI=1S/C15H31N3/c1-4-14-6-5-7-15(14,12-16)18-10-8-17(9-11-18)13(2)3/h13-14H,4-12,16H2,1-3H3. The van der Waals surface area contributed by atoms with Gasteiger partial charge in [0.05, 0.1) is 0 Å². The first-order valence-electron chi connectivity index (χ1n) is 7.83. The molecular weight excluding hydrogens is 222 g/mol. The van der Waals surface area contributed by atoms with Gasteiger partial charge in [0.25, 0.3) is 0 Å². The van der Waals surface area contributed by atoms with Crippen molar-refractivity contribution in [1.29, 1.82) is 0 Å². The quantitative estimate of drug-likeness (QED) is 0.831. The zero-order valence-corrected chi connectivity index (χ0v) is 12.5. The molecule has 0 aromatic rings. The summed E-state index contributed by atoms with van der Waals surface area (Å²) in [4.78, 5) is 5.32. The molecule has 2 unspecified atom stereocenters. The van der Waals surface area contributed by atoms with Crippen molar-refractivity contribution in [3.05, 3.63) is 0 Å². The molecule has 1 aliphatic carbocycles. The zero-order valence-electron chi connectivity index (χ0n) is 12.5. The summed E-state index contributed by atoms with van der Waals surface area (Å²) in [6.45, 7) is 12.7. The van der Waals surface area contributed by atoms with Crippen molar-refractivity contribution < 1.29 is 0 Å². The van der Waals surface area contributed by atoms with Crippen molar-refractivity contribution in [2.24, 2.45) is 11.7 Å². The smallest absolute Gasteiger partial charge is 0.0360 e. The molecule has 0 amide bonds. The summed E-state index contributed by atoms with van der Waals surface area (Å²) in [5.41, 5.74) is 6.54. The first kappa shape index (κ1) is 14.3. The lowest BCUT2D eigenvalue weighted by atomic mass is 9.83. The Morgan fingerprint density at radius 3 is 2.39 bits per heavy atom. The van der Waals surface area contributed by atoms with Crippen LogP contribution in [0.5, 0.6) is 0 Å². The SMILES string of the molecule is CCC1CCCC1(CN)N1CCN(C(C)C)CC1. The highest BCUT2D eigenvalue weighted by molar-refractivity contribution is 5.02. The summed E-state index contributed by atoms with van der Waals surface area (Å²) >= 11 is 0. The van der Waals surface area contributed by atoms with Crippen molar-refractivity contribution in [1.82, 2.24) is 9.80 Å². The molecule has 0 aromatic heterocycles. The maximum atomic E-state index is 6.20. The van der Waals surface area contributed by atoms with Crippen LogP contribution in [0.3, 0.4) is 0 Å². The molecule has 2 N–H and O–H groups in total. The van der Waals surface area contributed by atoms with Gasteiger partial charge in [-0.25, -0.2) is 0 Å². The van der Waals surface area contributed by atoms with Gasteiger partial charge in [0.15, 0.2) is 0 Å². The van der Waals surface area contributed by atoms with E-state index < -0.39 is 0 Å². The van der Waals surface area contributed by atoms with Gasteiger partial charge in [0.2, 0.25) is 0 Å². The minimum atomic E-state index is 0.331. The summed E-state index contributed by atoms with van der Waals surface area (Å²) in [7, 11) is 0. The minimum Gasteiger partial charge on any atom is -0.329 e. The highest BCUT2D eigenvalue weighted by atomic mass is 15.3. The molecule has 0 spiro atoms. The van der Waals surface area contributed by atoms with E-state index in [2.05, 4.69) is 30.6 Å². The van der Waals surface area contributed by atoms with Gasteiger partial charge in [-0.15, -0.1) is 0 Å². The molecule has 3 nitrogen and oxygen atoms in total. The van der Waals surface area contributed by atoms with Crippen LogP contribution in [0, 0.1) is 5.92 Å². The maximum absolute atomic E-state index is 6.20. The van der Waals surface area contributed by atoms with Gasteiger partial charge in [0.1, 0.15) is 0 Å². The topological polar surface area (TPSA) is 32.5 Å². The highest BCUT2D eigenvalue weighted by Crippen LogP contribution is 2.42. The third-order valence-electron chi connectivity index (χ3n) is 5.44. The molecule has 0 aromatic carbocycles. The van der Waals surface area contributed by atoms with Crippen LogP contribution in [-0.2, 0) is 0 Å². The fraction of sp³-hybridized carbons (Fsp3) is 1.00. The van der Waals surface area contributed by atoms with E-state index in [4.69, 9.17) is 5.73 Å². The number of rotatable bonds is 4. The van der Waals surface area contributed by atoms with E-state index in [1.54, 1.807) is 0 Å². The number of hydrogen-bond donors (Lipinski definition) is 1. The molecule has 2 rings (SSSR count). The monoisotopic (exact) mass is 253 g/mol. The molecule has 1 aliphatic heterocycles. The molecule has 18 heavy (non-hydrogen) atoms. The second-order valence-electron chi connectivity index (χ2n) is 6.42. The lowest BCUT2D eigenvalue weighted by molar-refractivity contribution is 0.00342. The zero-order chi connectivity index (χ0) is 13.2. The molecule has 3 heteroatoms. The Bertz CT molecular complexity index is 258. The van der Waals surface area contributed by atoms with Crippen LogP contribution in [0.15, 0.2) is 0 Å². The molecule has 1 heterocycles. The Morgan fingerprint density at radius 2 is 1.89 bits per heavy atom. The van der Waals surface area contributed by atoms with Crippen LogP contribution in [0.2, 0.25) is 0 Å². The van der Waals surface area contributed by atoms with Crippen LogP contribution in [0.1, 0.15) is 46.5 Å². The molecule has 2 aliphatic rings. The minimum absolute atomic E-state index is 0.331. The average Bonchev–Trinajstić information content (AvgIpc) is 2.82. The molecule has 0 bridgehead atoms. The molecule has 2 fully saturated rings. The Balaban J connectivity index is 2.02. The van der Waals surface area contributed by atoms with Crippen LogP contribution in [-0.4, -0.2) is 54.1 Å². The fourth-order valence-corrected chi connectivity index (χ4v) is 4.21. The van der Waals surface area contributed by atoms with Gasteiger partial charge in [-0.05, 0) is 32.6 Å². The first-order valence-corrected chi connectivity index (χ1v) is 7.83. The summed E-state index contributed by atoms with van der Waals surface area (Å²) in [6.07, 6.45) is 5.38. The highest BCUT2D eigenvalue weighted by Gasteiger charge is 2.45. The van der Waals surface area contributed by atoms with E-state index in [1.807, 2.05) is 0 Å². The normalized spacial score (nSPS) is 35.5. The second-order valence-corrected chi connectivity index (χ2v) is 6.42. The predicted octanol–water partition coefficient (Wildman–Crippen LogP) is 1.92. The predicted molar refractivity (Wildman–Crippen MR) is 77.7 cm³/mol. The van der Waals surface area contributed by atoms with Gasteiger partial charge in [-0.1, -0.05) is 19.8 Å². The Morgan fingerprint density at radius 1 is 1.22 bits per heavy atom. The number of hydrogen-bond acceptors (Lipinski definition) is 3. The van der Waals surface area contributed by atoms with Gasteiger partial charge in [0, 0.05) is 44.3 Å². The summed E-state index contributed by atoms with van der Waals surface area (Å²) in [5, 5.41) is 0. The third-order valence-corrected chi connectivity index (χ3v) is 5.44. The van der Waals surface area contributed by atoms with Crippen LogP contribution in [0.4, 0.5) is 0 Å². The molecule has 1 saturated carbocycles. The van der Waals surface area contributed by atoms with Crippen LogP contribution < -0.4 is 5.73 Å². The molecule has 106 valence electrons. The Labute approximate surface area is 113 Å². The van der Waals surface area contributed by atoms with Crippen molar-refractivity contribution >= 4 is 0 Å². The molecule has 1 saturated heterocycles. The van der Waals surface area contributed by atoms with Crippen LogP contribution in [0.25, 0.3) is 0 Å². The average molecular weight is 253 g/mol. The summed E-state index contributed by atoms with van der Waals surface area (Å²) in [6, 6.07) is 0.687. The van der Waals surface area contributed by atoms with Crippen molar-refractivity contribution in [3.63, 3.8) is 0 Å².